The summed E-state index contributed by atoms with van der Waals surface area (Å²) in [6, 6.07) is -0.198. The molecule has 0 spiro atoms. The molecule has 2 atom stereocenters. The van der Waals surface area contributed by atoms with E-state index in [-0.39, 0.29) is 12.0 Å². The molecule has 0 aromatic rings. The Hall–Kier alpha value is -1.21. The Morgan fingerprint density at radius 1 is 1.73 bits per heavy atom. The first-order valence-corrected chi connectivity index (χ1v) is 3.34. The number of nitrogens with two attached hydrogens (primary N) is 1. The Morgan fingerprint density at radius 3 is 2.64 bits per heavy atom. The molecule has 0 aromatic heterocycles. The van der Waals surface area contributed by atoms with Crippen LogP contribution >= 0.6 is 0 Å². The SMILES string of the molecule is C#CC1CN(C(=O)O)CC1N. The Bertz CT molecular complexity index is 209. The number of likely N-dealkylation sites (tertiary alicyclic amines) is 1. The lowest BCUT2D eigenvalue weighted by molar-refractivity contribution is 0.154. The van der Waals surface area contributed by atoms with E-state index in [1.165, 1.54) is 4.90 Å². The van der Waals surface area contributed by atoms with Gasteiger partial charge < -0.3 is 15.7 Å². The molecule has 1 rings (SSSR count). The van der Waals surface area contributed by atoms with Crippen molar-refractivity contribution in [3.05, 3.63) is 0 Å². The third-order valence-electron chi connectivity index (χ3n) is 1.85. The zero-order valence-corrected chi connectivity index (χ0v) is 6.03. The molecular formula is C7H10N2O2. The van der Waals surface area contributed by atoms with E-state index in [1.54, 1.807) is 0 Å². The molecule has 0 saturated carbocycles. The summed E-state index contributed by atoms with van der Waals surface area (Å²) in [6.07, 6.45) is 4.19. The van der Waals surface area contributed by atoms with Crippen LogP contribution in [-0.4, -0.2) is 35.2 Å². The van der Waals surface area contributed by atoms with Crippen LogP contribution in [0, 0.1) is 18.3 Å². The Morgan fingerprint density at radius 2 is 2.36 bits per heavy atom. The van der Waals surface area contributed by atoms with Gasteiger partial charge in [-0.15, -0.1) is 6.42 Å². The van der Waals surface area contributed by atoms with Crippen molar-refractivity contribution < 1.29 is 9.90 Å². The Balaban J connectivity index is 2.58. The molecule has 60 valence electrons. The lowest BCUT2D eigenvalue weighted by atomic mass is 10.1. The first-order chi connectivity index (χ1) is 5.15. The molecule has 2 unspecified atom stereocenters. The maximum Gasteiger partial charge on any atom is 0.407 e. The Labute approximate surface area is 65.0 Å². The molecule has 0 aromatic carbocycles. The van der Waals surface area contributed by atoms with Gasteiger partial charge in [0.1, 0.15) is 0 Å². The molecule has 4 heteroatoms. The highest BCUT2D eigenvalue weighted by atomic mass is 16.4. The minimum absolute atomic E-state index is 0.119. The summed E-state index contributed by atoms with van der Waals surface area (Å²) in [5, 5.41) is 8.55. The topological polar surface area (TPSA) is 66.6 Å². The number of hydrogen-bond acceptors (Lipinski definition) is 2. The zero-order chi connectivity index (χ0) is 8.43. The van der Waals surface area contributed by atoms with E-state index >= 15 is 0 Å². The van der Waals surface area contributed by atoms with Gasteiger partial charge in [0.15, 0.2) is 0 Å². The summed E-state index contributed by atoms with van der Waals surface area (Å²) in [5.41, 5.74) is 5.57. The van der Waals surface area contributed by atoms with Crippen LogP contribution in [0.2, 0.25) is 0 Å². The van der Waals surface area contributed by atoms with Crippen molar-refractivity contribution in [3.8, 4) is 12.3 Å². The summed E-state index contributed by atoms with van der Waals surface area (Å²) < 4.78 is 0. The van der Waals surface area contributed by atoms with Gasteiger partial charge in [-0.1, -0.05) is 5.92 Å². The number of nitrogens with zero attached hydrogens (tertiary/aromatic N) is 1. The van der Waals surface area contributed by atoms with Crippen LogP contribution in [0.5, 0.6) is 0 Å². The van der Waals surface area contributed by atoms with Crippen molar-refractivity contribution >= 4 is 6.09 Å². The minimum atomic E-state index is -0.946. The summed E-state index contributed by atoms with van der Waals surface area (Å²) >= 11 is 0. The summed E-state index contributed by atoms with van der Waals surface area (Å²) in [7, 11) is 0. The van der Waals surface area contributed by atoms with Gasteiger partial charge in [-0.3, -0.25) is 0 Å². The predicted molar refractivity (Wildman–Crippen MR) is 39.9 cm³/mol. The second-order valence-electron chi connectivity index (χ2n) is 2.62. The van der Waals surface area contributed by atoms with Gasteiger partial charge in [-0.05, 0) is 0 Å². The molecule has 11 heavy (non-hydrogen) atoms. The van der Waals surface area contributed by atoms with Gasteiger partial charge in [-0.25, -0.2) is 4.79 Å². The highest BCUT2D eigenvalue weighted by molar-refractivity contribution is 5.65. The molecule has 0 radical (unpaired) electrons. The van der Waals surface area contributed by atoms with E-state index in [4.69, 9.17) is 17.3 Å². The van der Waals surface area contributed by atoms with E-state index in [2.05, 4.69) is 5.92 Å². The van der Waals surface area contributed by atoms with Gasteiger partial charge in [0.2, 0.25) is 0 Å². The fourth-order valence-corrected chi connectivity index (χ4v) is 1.16. The predicted octanol–water partition coefficient (Wildman–Crippen LogP) is -0.443. The van der Waals surface area contributed by atoms with Crippen molar-refractivity contribution in [1.82, 2.24) is 4.90 Å². The van der Waals surface area contributed by atoms with Crippen molar-refractivity contribution in [2.45, 2.75) is 6.04 Å². The number of hydrogen-bond donors (Lipinski definition) is 2. The summed E-state index contributed by atoms with van der Waals surface area (Å²) in [5.74, 6) is 2.35. The normalized spacial score (nSPS) is 30.0. The molecular weight excluding hydrogens is 144 g/mol. The van der Waals surface area contributed by atoms with Crippen molar-refractivity contribution in [2.24, 2.45) is 11.7 Å². The number of carboxylic acid groups (broad SMARTS) is 1. The van der Waals surface area contributed by atoms with Crippen molar-refractivity contribution in [2.75, 3.05) is 13.1 Å². The Kier molecular flexibility index (Phi) is 2.01. The first kappa shape index (κ1) is 7.89. The lowest BCUT2D eigenvalue weighted by Crippen LogP contribution is -2.31. The lowest BCUT2D eigenvalue weighted by Gasteiger charge is -2.08. The molecule has 3 N–H and O–H groups in total. The van der Waals surface area contributed by atoms with Crippen LogP contribution in [0.3, 0.4) is 0 Å². The third-order valence-corrected chi connectivity index (χ3v) is 1.85. The van der Waals surface area contributed by atoms with Gasteiger partial charge >= 0.3 is 6.09 Å². The molecule has 1 amide bonds. The fourth-order valence-electron chi connectivity index (χ4n) is 1.16. The quantitative estimate of drug-likeness (QED) is 0.465. The van der Waals surface area contributed by atoms with E-state index in [1.807, 2.05) is 0 Å². The third kappa shape index (κ3) is 1.44. The van der Waals surface area contributed by atoms with E-state index in [9.17, 15) is 4.79 Å². The largest absolute Gasteiger partial charge is 0.465 e. The summed E-state index contributed by atoms with van der Waals surface area (Å²) in [4.78, 5) is 11.7. The minimum Gasteiger partial charge on any atom is -0.465 e. The van der Waals surface area contributed by atoms with Crippen LogP contribution in [-0.2, 0) is 0 Å². The zero-order valence-electron chi connectivity index (χ0n) is 6.03. The van der Waals surface area contributed by atoms with Gasteiger partial charge in [-0.2, -0.15) is 0 Å². The smallest absolute Gasteiger partial charge is 0.407 e. The van der Waals surface area contributed by atoms with Crippen LogP contribution in [0.1, 0.15) is 0 Å². The molecule has 1 saturated heterocycles. The fraction of sp³-hybridized carbons (Fsp3) is 0.571. The van der Waals surface area contributed by atoms with Gasteiger partial charge in [0.25, 0.3) is 0 Å². The number of amides is 1. The maximum absolute atomic E-state index is 10.4. The number of terminal acetylenes is 1. The molecule has 1 heterocycles. The molecule has 1 aliphatic heterocycles. The molecule has 1 fully saturated rings. The maximum atomic E-state index is 10.4. The molecule has 4 nitrogen and oxygen atoms in total. The van der Waals surface area contributed by atoms with Gasteiger partial charge in [0.05, 0.1) is 5.92 Å². The highest BCUT2D eigenvalue weighted by Crippen LogP contribution is 2.13. The summed E-state index contributed by atoms with van der Waals surface area (Å²) in [6.45, 7) is 0.719. The van der Waals surface area contributed by atoms with E-state index in [0.717, 1.165) is 0 Å². The highest BCUT2D eigenvalue weighted by Gasteiger charge is 2.31. The van der Waals surface area contributed by atoms with E-state index < -0.39 is 6.09 Å². The average molecular weight is 154 g/mol. The van der Waals surface area contributed by atoms with Crippen molar-refractivity contribution in [3.63, 3.8) is 0 Å². The number of rotatable bonds is 0. The van der Waals surface area contributed by atoms with Gasteiger partial charge in [0, 0.05) is 19.1 Å². The monoisotopic (exact) mass is 154 g/mol. The second-order valence-corrected chi connectivity index (χ2v) is 2.62. The molecule has 0 bridgehead atoms. The number of carbonyl (C=O) groups is 1. The van der Waals surface area contributed by atoms with E-state index in [0.29, 0.717) is 13.1 Å². The van der Waals surface area contributed by atoms with Crippen LogP contribution in [0.15, 0.2) is 0 Å². The first-order valence-electron chi connectivity index (χ1n) is 3.34. The molecule has 0 aliphatic carbocycles. The van der Waals surface area contributed by atoms with Crippen LogP contribution in [0.25, 0.3) is 0 Å². The average Bonchev–Trinajstić information content (AvgIpc) is 2.31. The second kappa shape index (κ2) is 2.81. The van der Waals surface area contributed by atoms with Crippen molar-refractivity contribution in [1.29, 1.82) is 0 Å². The standard InChI is InChI=1S/C7H10N2O2/c1-2-5-3-9(7(10)11)4-6(5)8/h1,5-6H,3-4,8H2,(H,10,11). The molecule has 1 aliphatic rings. The van der Waals surface area contributed by atoms with Crippen LogP contribution < -0.4 is 5.73 Å². The van der Waals surface area contributed by atoms with Crippen LogP contribution in [0.4, 0.5) is 4.79 Å².